The molecule has 3 unspecified atom stereocenters. The smallest absolute Gasteiger partial charge is 0.0706 e. The molecule has 0 spiro atoms. The van der Waals surface area contributed by atoms with Gasteiger partial charge in [-0.05, 0) is 51.6 Å². The molecule has 0 aromatic heterocycles. The third-order valence-electron chi connectivity index (χ3n) is 4.10. The maximum atomic E-state index is 5.96. The highest BCUT2D eigenvalue weighted by molar-refractivity contribution is 4.81. The van der Waals surface area contributed by atoms with Crippen molar-refractivity contribution in [2.45, 2.75) is 64.7 Å². The van der Waals surface area contributed by atoms with Gasteiger partial charge in [0.15, 0.2) is 0 Å². The van der Waals surface area contributed by atoms with E-state index in [1.165, 1.54) is 45.3 Å². The SMILES string of the molecule is CC(C)CC1CN(CC2CCC(C)O2)CCCN1. The minimum atomic E-state index is 0.478. The van der Waals surface area contributed by atoms with E-state index in [1.807, 2.05) is 0 Å². The molecule has 18 heavy (non-hydrogen) atoms. The van der Waals surface area contributed by atoms with Gasteiger partial charge in [0.2, 0.25) is 0 Å². The standard InChI is InChI=1S/C15H30N2O/c1-12(2)9-14-10-17(8-4-7-16-14)11-15-6-5-13(3)18-15/h12-16H,4-11H2,1-3H3. The van der Waals surface area contributed by atoms with E-state index in [-0.39, 0.29) is 0 Å². The lowest BCUT2D eigenvalue weighted by Gasteiger charge is -2.27. The van der Waals surface area contributed by atoms with Gasteiger partial charge >= 0.3 is 0 Å². The predicted molar refractivity (Wildman–Crippen MR) is 75.9 cm³/mol. The molecule has 0 bridgehead atoms. The van der Waals surface area contributed by atoms with Crippen LogP contribution < -0.4 is 5.32 Å². The Bertz CT molecular complexity index is 245. The lowest BCUT2D eigenvalue weighted by molar-refractivity contribution is 0.0308. The van der Waals surface area contributed by atoms with E-state index in [4.69, 9.17) is 4.74 Å². The van der Waals surface area contributed by atoms with E-state index < -0.39 is 0 Å². The van der Waals surface area contributed by atoms with Gasteiger partial charge in [-0.25, -0.2) is 0 Å². The third kappa shape index (κ3) is 4.52. The fraction of sp³-hybridized carbons (Fsp3) is 1.00. The molecular formula is C15H30N2O. The average molecular weight is 254 g/mol. The second kappa shape index (κ2) is 6.88. The number of nitrogens with one attached hydrogen (secondary N) is 1. The van der Waals surface area contributed by atoms with Crippen molar-refractivity contribution in [1.82, 2.24) is 10.2 Å². The van der Waals surface area contributed by atoms with Gasteiger partial charge in [-0.15, -0.1) is 0 Å². The highest BCUT2D eigenvalue weighted by atomic mass is 16.5. The molecule has 2 aliphatic heterocycles. The van der Waals surface area contributed by atoms with Crippen molar-refractivity contribution in [2.24, 2.45) is 5.92 Å². The van der Waals surface area contributed by atoms with Gasteiger partial charge in [0, 0.05) is 19.1 Å². The number of nitrogens with zero attached hydrogens (tertiary/aromatic N) is 1. The van der Waals surface area contributed by atoms with Crippen LogP contribution in [0.25, 0.3) is 0 Å². The number of hydrogen-bond acceptors (Lipinski definition) is 3. The maximum Gasteiger partial charge on any atom is 0.0706 e. The second-order valence-corrected chi connectivity index (χ2v) is 6.54. The molecule has 0 amide bonds. The number of ether oxygens (including phenoxy) is 1. The van der Waals surface area contributed by atoms with Crippen molar-refractivity contribution in [3.05, 3.63) is 0 Å². The lowest BCUT2D eigenvalue weighted by atomic mass is 10.0. The van der Waals surface area contributed by atoms with Crippen molar-refractivity contribution in [3.63, 3.8) is 0 Å². The Morgan fingerprint density at radius 3 is 2.83 bits per heavy atom. The van der Waals surface area contributed by atoms with Crippen LogP contribution in [0, 0.1) is 5.92 Å². The van der Waals surface area contributed by atoms with Crippen LogP contribution in [0.5, 0.6) is 0 Å². The van der Waals surface area contributed by atoms with Crippen LogP contribution in [0.15, 0.2) is 0 Å². The first-order valence-electron chi connectivity index (χ1n) is 7.74. The van der Waals surface area contributed by atoms with Gasteiger partial charge < -0.3 is 10.1 Å². The summed E-state index contributed by atoms with van der Waals surface area (Å²) in [6.07, 6.45) is 6.02. The predicted octanol–water partition coefficient (Wildman–Crippen LogP) is 2.26. The molecule has 0 radical (unpaired) electrons. The Balaban J connectivity index is 1.79. The zero-order valence-electron chi connectivity index (χ0n) is 12.3. The maximum absolute atomic E-state index is 5.96. The summed E-state index contributed by atoms with van der Waals surface area (Å²) in [6, 6.07) is 0.673. The van der Waals surface area contributed by atoms with Crippen LogP contribution in [0.2, 0.25) is 0 Å². The van der Waals surface area contributed by atoms with E-state index in [0.29, 0.717) is 18.2 Å². The fourth-order valence-corrected chi connectivity index (χ4v) is 3.28. The minimum Gasteiger partial charge on any atom is -0.374 e. The third-order valence-corrected chi connectivity index (χ3v) is 4.10. The molecule has 3 heteroatoms. The molecule has 0 aromatic carbocycles. The number of rotatable bonds is 4. The van der Waals surface area contributed by atoms with Crippen LogP contribution in [0.3, 0.4) is 0 Å². The van der Waals surface area contributed by atoms with Crippen LogP contribution in [-0.2, 0) is 4.74 Å². The Hall–Kier alpha value is -0.120. The zero-order valence-corrected chi connectivity index (χ0v) is 12.3. The topological polar surface area (TPSA) is 24.5 Å². The molecule has 106 valence electrons. The molecule has 2 heterocycles. The Kier molecular flexibility index (Phi) is 5.46. The van der Waals surface area contributed by atoms with Gasteiger partial charge in [-0.2, -0.15) is 0 Å². The van der Waals surface area contributed by atoms with Gasteiger partial charge in [-0.1, -0.05) is 13.8 Å². The first-order valence-corrected chi connectivity index (χ1v) is 7.74. The summed E-state index contributed by atoms with van der Waals surface area (Å²) in [7, 11) is 0. The quantitative estimate of drug-likeness (QED) is 0.833. The van der Waals surface area contributed by atoms with Crippen LogP contribution in [0.1, 0.15) is 46.5 Å². The molecule has 0 aromatic rings. The van der Waals surface area contributed by atoms with Gasteiger partial charge in [0.05, 0.1) is 12.2 Å². The minimum absolute atomic E-state index is 0.478. The van der Waals surface area contributed by atoms with Crippen molar-refractivity contribution in [3.8, 4) is 0 Å². The summed E-state index contributed by atoms with van der Waals surface area (Å²) < 4.78 is 5.96. The summed E-state index contributed by atoms with van der Waals surface area (Å²) in [5.41, 5.74) is 0. The molecule has 3 nitrogen and oxygen atoms in total. The first kappa shape index (κ1) is 14.3. The molecule has 2 aliphatic rings. The zero-order chi connectivity index (χ0) is 13.0. The molecule has 3 atom stereocenters. The largest absolute Gasteiger partial charge is 0.374 e. The van der Waals surface area contributed by atoms with E-state index in [9.17, 15) is 0 Å². The highest BCUT2D eigenvalue weighted by Gasteiger charge is 2.26. The Labute approximate surface area is 112 Å². The van der Waals surface area contributed by atoms with Crippen LogP contribution >= 0.6 is 0 Å². The monoisotopic (exact) mass is 254 g/mol. The van der Waals surface area contributed by atoms with E-state index >= 15 is 0 Å². The fourth-order valence-electron chi connectivity index (χ4n) is 3.28. The molecule has 2 saturated heterocycles. The molecule has 0 aliphatic carbocycles. The Morgan fingerprint density at radius 2 is 2.17 bits per heavy atom. The van der Waals surface area contributed by atoms with Crippen molar-refractivity contribution in [2.75, 3.05) is 26.2 Å². The van der Waals surface area contributed by atoms with E-state index in [0.717, 1.165) is 12.5 Å². The van der Waals surface area contributed by atoms with Crippen molar-refractivity contribution >= 4 is 0 Å². The van der Waals surface area contributed by atoms with E-state index in [1.54, 1.807) is 0 Å². The highest BCUT2D eigenvalue weighted by Crippen LogP contribution is 2.20. The van der Waals surface area contributed by atoms with Crippen LogP contribution in [-0.4, -0.2) is 49.3 Å². The van der Waals surface area contributed by atoms with Gasteiger partial charge in [-0.3, -0.25) is 4.90 Å². The summed E-state index contributed by atoms with van der Waals surface area (Å²) in [6.45, 7) is 11.6. The van der Waals surface area contributed by atoms with Crippen molar-refractivity contribution < 1.29 is 4.74 Å². The van der Waals surface area contributed by atoms with E-state index in [2.05, 4.69) is 31.0 Å². The molecule has 2 rings (SSSR count). The van der Waals surface area contributed by atoms with Crippen molar-refractivity contribution in [1.29, 1.82) is 0 Å². The Morgan fingerprint density at radius 1 is 1.33 bits per heavy atom. The number of hydrogen-bond donors (Lipinski definition) is 1. The van der Waals surface area contributed by atoms with Crippen LogP contribution in [0.4, 0.5) is 0 Å². The summed E-state index contributed by atoms with van der Waals surface area (Å²) in [4.78, 5) is 2.62. The molecule has 2 fully saturated rings. The average Bonchev–Trinajstić information content (AvgIpc) is 2.56. The molecular weight excluding hydrogens is 224 g/mol. The molecule has 0 saturated carbocycles. The van der Waals surface area contributed by atoms with Gasteiger partial charge in [0.1, 0.15) is 0 Å². The van der Waals surface area contributed by atoms with Gasteiger partial charge in [0.25, 0.3) is 0 Å². The lowest BCUT2D eigenvalue weighted by Crippen LogP contribution is -2.41. The summed E-state index contributed by atoms with van der Waals surface area (Å²) in [5.74, 6) is 0.783. The summed E-state index contributed by atoms with van der Waals surface area (Å²) in [5, 5.41) is 3.69. The molecule has 1 N–H and O–H groups in total. The summed E-state index contributed by atoms with van der Waals surface area (Å²) >= 11 is 0. The normalized spacial score (nSPS) is 35.0. The first-order chi connectivity index (χ1) is 8.63. The second-order valence-electron chi connectivity index (χ2n) is 6.54.